The highest BCUT2D eigenvalue weighted by molar-refractivity contribution is 5.76. The van der Waals surface area contributed by atoms with Crippen molar-refractivity contribution in [3.63, 3.8) is 0 Å². The van der Waals surface area contributed by atoms with E-state index in [2.05, 4.69) is 19.2 Å². The van der Waals surface area contributed by atoms with E-state index in [0.29, 0.717) is 18.8 Å². The monoisotopic (exact) mass is 201 g/mol. The van der Waals surface area contributed by atoms with Crippen LogP contribution in [0, 0.1) is 5.92 Å². The largest absolute Gasteiger partial charge is 0.393 e. The second-order valence-corrected chi connectivity index (χ2v) is 4.49. The van der Waals surface area contributed by atoms with Crippen molar-refractivity contribution < 1.29 is 9.90 Å². The van der Waals surface area contributed by atoms with Gasteiger partial charge in [0.25, 0.3) is 0 Å². The van der Waals surface area contributed by atoms with Gasteiger partial charge in [0.1, 0.15) is 0 Å². The Morgan fingerprint density at radius 2 is 1.86 bits per heavy atom. The number of rotatable bonds is 6. The van der Waals surface area contributed by atoms with Crippen LogP contribution in [0.1, 0.15) is 47.0 Å². The van der Waals surface area contributed by atoms with E-state index in [1.807, 2.05) is 6.92 Å². The Balaban J connectivity index is 3.60. The first kappa shape index (κ1) is 13.4. The highest BCUT2D eigenvalue weighted by Gasteiger charge is 2.09. The van der Waals surface area contributed by atoms with Gasteiger partial charge in [-0.2, -0.15) is 0 Å². The van der Waals surface area contributed by atoms with E-state index >= 15 is 0 Å². The second kappa shape index (κ2) is 6.82. The molecule has 0 saturated carbocycles. The molecule has 0 aromatic carbocycles. The average molecular weight is 201 g/mol. The third kappa shape index (κ3) is 8.05. The van der Waals surface area contributed by atoms with Crippen LogP contribution in [0.15, 0.2) is 0 Å². The number of hydrogen-bond donors (Lipinski definition) is 2. The molecule has 14 heavy (non-hydrogen) atoms. The summed E-state index contributed by atoms with van der Waals surface area (Å²) in [7, 11) is 0. The molecule has 0 heterocycles. The van der Waals surface area contributed by atoms with Crippen molar-refractivity contribution in [1.29, 1.82) is 0 Å². The predicted octanol–water partition coefficient (Wildman–Crippen LogP) is 1.70. The highest BCUT2D eigenvalue weighted by Crippen LogP contribution is 2.04. The summed E-state index contributed by atoms with van der Waals surface area (Å²) >= 11 is 0. The fraction of sp³-hybridized carbons (Fsp3) is 0.909. The normalized spacial score (nSPS) is 15.3. The summed E-state index contributed by atoms with van der Waals surface area (Å²) in [6, 6.07) is 0.0645. The molecule has 0 bridgehead atoms. The Morgan fingerprint density at radius 1 is 1.29 bits per heavy atom. The minimum atomic E-state index is -0.351. The number of hydrogen-bond acceptors (Lipinski definition) is 2. The van der Waals surface area contributed by atoms with Gasteiger partial charge in [-0.1, -0.05) is 13.8 Å². The van der Waals surface area contributed by atoms with Crippen molar-refractivity contribution in [1.82, 2.24) is 5.32 Å². The number of aliphatic hydroxyl groups excluding tert-OH is 1. The lowest BCUT2D eigenvalue weighted by atomic mass is 10.1. The van der Waals surface area contributed by atoms with Crippen molar-refractivity contribution in [3.8, 4) is 0 Å². The molecule has 3 heteroatoms. The van der Waals surface area contributed by atoms with Gasteiger partial charge in [0.05, 0.1) is 6.10 Å². The van der Waals surface area contributed by atoms with Gasteiger partial charge in [0.15, 0.2) is 0 Å². The van der Waals surface area contributed by atoms with Crippen LogP contribution in [0.4, 0.5) is 0 Å². The zero-order valence-corrected chi connectivity index (χ0v) is 9.71. The maximum absolute atomic E-state index is 11.3. The van der Waals surface area contributed by atoms with Crippen molar-refractivity contribution in [2.24, 2.45) is 5.92 Å². The number of carbonyl (C=O) groups excluding carboxylic acids is 1. The van der Waals surface area contributed by atoms with Crippen LogP contribution in [0.25, 0.3) is 0 Å². The molecule has 2 unspecified atom stereocenters. The molecule has 0 aliphatic heterocycles. The molecule has 84 valence electrons. The Morgan fingerprint density at radius 3 is 2.29 bits per heavy atom. The summed E-state index contributed by atoms with van der Waals surface area (Å²) in [5.74, 6) is 0.652. The standard InChI is InChI=1S/C11H23NO2/c1-8(2)5-6-11(14)12-9(3)7-10(4)13/h8-10,13H,5-7H2,1-4H3,(H,12,14). The molecule has 2 atom stereocenters. The smallest absolute Gasteiger partial charge is 0.220 e. The van der Waals surface area contributed by atoms with E-state index in [9.17, 15) is 4.79 Å². The SMILES string of the molecule is CC(C)CCC(=O)NC(C)CC(C)O. The maximum Gasteiger partial charge on any atom is 0.220 e. The van der Waals surface area contributed by atoms with Gasteiger partial charge in [-0.15, -0.1) is 0 Å². The first-order chi connectivity index (χ1) is 6.41. The topological polar surface area (TPSA) is 49.3 Å². The number of amides is 1. The lowest BCUT2D eigenvalue weighted by Crippen LogP contribution is -2.34. The van der Waals surface area contributed by atoms with E-state index < -0.39 is 0 Å². The zero-order valence-electron chi connectivity index (χ0n) is 9.71. The van der Waals surface area contributed by atoms with Gasteiger partial charge in [-0.25, -0.2) is 0 Å². The average Bonchev–Trinajstić information content (AvgIpc) is 1.98. The summed E-state index contributed by atoms with van der Waals surface area (Å²) in [6.45, 7) is 7.86. The van der Waals surface area contributed by atoms with Crippen molar-refractivity contribution in [2.45, 2.75) is 59.1 Å². The van der Waals surface area contributed by atoms with Crippen LogP contribution in [0.5, 0.6) is 0 Å². The van der Waals surface area contributed by atoms with Crippen LogP contribution in [-0.2, 0) is 4.79 Å². The van der Waals surface area contributed by atoms with Crippen LogP contribution >= 0.6 is 0 Å². The van der Waals surface area contributed by atoms with Gasteiger partial charge in [0.2, 0.25) is 5.91 Å². The predicted molar refractivity (Wildman–Crippen MR) is 58.0 cm³/mol. The Bertz CT molecular complexity index is 167. The summed E-state index contributed by atoms with van der Waals surface area (Å²) in [5, 5.41) is 12.0. The van der Waals surface area contributed by atoms with Crippen LogP contribution in [0.2, 0.25) is 0 Å². The molecule has 0 fully saturated rings. The third-order valence-electron chi connectivity index (χ3n) is 2.05. The number of carbonyl (C=O) groups is 1. The number of nitrogens with one attached hydrogen (secondary N) is 1. The first-order valence-corrected chi connectivity index (χ1v) is 5.39. The van der Waals surface area contributed by atoms with Crippen LogP contribution in [0.3, 0.4) is 0 Å². The summed E-state index contributed by atoms with van der Waals surface area (Å²) in [4.78, 5) is 11.3. The van der Waals surface area contributed by atoms with E-state index in [1.165, 1.54) is 0 Å². The Hall–Kier alpha value is -0.570. The van der Waals surface area contributed by atoms with Gasteiger partial charge in [-0.05, 0) is 32.6 Å². The molecule has 0 aromatic rings. The van der Waals surface area contributed by atoms with E-state index in [-0.39, 0.29) is 18.1 Å². The first-order valence-electron chi connectivity index (χ1n) is 5.39. The highest BCUT2D eigenvalue weighted by atomic mass is 16.3. The Labute approximate surface area is 86.9 Å². The molecule has 0 rings (SSSR count). The lowest BCUT2D eigenvalue weighted by Gasteiger charge is -2.15. The van der Waals surface area contributed by atoms with E-state index in [1.54, 1.807) is 6.92 Å². The van der Waals surface area contributed by atoms with Gasteiger partial charge in [-0.3, -0.25) is 4.79 Å². The fourth-order valence-electron chi connectivity index (χ4n) is 1.34. The maximum atomic E-state index is 11.3. The minimum absolute atomic E-state index is 0.0645. The zero-order chi connectivity index (χ0) is 11.1. The van der Waals surface area contributed by atoms with Gasteiger partial charge in [0, 0.05) is 12.5 Å². The summed E-state index contributed by atoms with van der Waals surface area (Å²) < 4.78 is 0. The third-order valence-corrected chi connectivity index (χ3v) is 2.05. The minimum Gasteiger partial charge on any atom is -0.393 e. The molecule has 3 nitrogen and oxygen atoms in total. The summed E-state index contributed by atoms with van der Waals surface area (Å²) in [5.41, 5.74) is 0. The molecule has 0 aliphatic rings. The van der Waals surface area contributed by atoms with E-state index in [4.69, 9.17) is 5.11 Å². The van der Waals surface area contributed by atoms with Crippen molar-refractivity contribution >= 4 is 5.91 Å². The van der Waals surface area contributed by atoms with Crippen LogP contribution < -0.4 is 5.32 Å². The molecule has 0 aromatic heterocycles. The quantitative estimate of drug-likeness (QED) is 0.687. The summed E-state index contributed by atoms with van der Waals surface area (Å²) in [6.07, 6.45) is 1.78. The van der Waals surface area contributed by atoms with Crippen molar-refractivity contribution in [3.05, 3.63) is 0 Å². The molecule has 0 radical (unpaired) electrons. The fourth-order valence-corrected chi connectivity index (χ4v) is 1.34. The van der Waals surface area contributed by atoms with Gasteiger partial charge < -0.3 is 10.4 Å². The lowest BCUT2D eigenvalue weighted by molar-refractivity contribution is -0.122. The Kier molecular flexibility index (Phi) is 6.54. The molecule has 1 amide bonds. The molecular weight excluding hydrogens is 178 g/mol. The molecule has 0 spiro atoms. The molecular formula is C11H23NO2. The molecule has 0 aliphatic carbocycles. The van der Waals surface area contributed by atoms with Crippen LogP contribution in [-0.4, -0.2) is 23.2 Å². The van der Waals surface area contributed by atoms with Crippen molar-refractivity contribution in [2.75, 3.05) is 0 Å². The molecule has 0 saturated heterocycles. The number of aliphatic hydroxyl groups is 1. The second-order valence-electron chi connectivity index (χ2n) is 4.49. The van der Waals surface area contributed by atoms with E-state index in [0.717, 1.165) is 6.42 Å². The van der Waals surface area contributed by atoms with Gasteiger partial charge >= 0.3 is 0 Å². The molecule has 2 N–H and O–H groups in total.